The number of aliphatic imine (C=N–C) groups is 1. The van der Waals surface area contributed by atoms with Crippen molar-refractivity contribution in [2.75, 3.05) is 6.54 Å². The van der Waals surface area contributed by atoms with Gasteiger partial charge in [0.05, 0.1) is 24.7 Å². The van der Waals surface area contributed by atoms with Crippen molar-refractivity contribution in [3.63, 3.8) is 0 Å². The van der Waals surface area contributed by atoms with Gasteiger partial charge in [0.1, 0.15) is 5.01 Å². The number of guanidine groups is 1. The van der Waals surface area contributed by atoms with Gasteiger partial charge in [0, 0.05) is 17.6 Å². The third kappa shape index (κ3) is 6.54. The van der Waals surface area contributed by atoms with Gasteiger partial charge in [0.15, 0.2) is 5.96 Å². The first-order valence-corrected chi connectivity index (χ1v) is 7.95. The summed E-state index contributed by atoms with van der Waals surface area (Å²) in [6, 6.07) is 9.58. The van der Waals surface area contributed by atoms with Crippen molar-refractivity contribution in [3.05, 3.63) is 51.5 Å². The Morgan fingerprint density at radius 2 is 2.04 bits per heavy atom. The highest BCUT2D eigenvalue weighted by molar-refractivity contribution is 14.0. The maximum absolute atomic E-state index is 8.79. The fourth-order valence-electron chi connectivity index (χ4n) is 1.84. The predicted octanol–water partition coefficient (Wildman–Crippen LogP) is 3.20. The van der Waals surface area contributed by atoms with E-state index in [1.54, 1.807) is 11.3 Å². The van der Waals surface area contributed by atoms with Crippen LogP contribution in [0.15, 0.2) is 35.5 Å². The van der Waals surface area contributed by atoms with Crippen LogP contribution < -0.4 is 10.6 Å². The van der Waals surface area contributed by atoms with Crippen molar-refractivity contribution in [3.8, 4) is 6.07 Å². The Kier molecular flexibility index (Phi) is 8.58. The van der Waals surface area contributed by atoms with Gasteiger partial charge in [0.25, 0.3) is 0 Å². The topological polar surface area (TPSA) is 73.1 Å². The van der Waals surface area contributed by atoms with E-state index >= 15 is 0 Å². The molecule has 0 atom stereocenters. The van der Waals surface area contributed by atoms with Crippen LogP contribution in [0.1, 0.15) is 27.9 Å². The van der Waals surface area contributed by atoms with E-state index in [0.29, 0.717) is 18.7 Å². The molecular formula is C16H20IN5S. The Bertz CT molecular complexity index is 673. The summed E-state index contributed by atoms with van der Waals surface area (Å²) >= 11 is 1.68. The molecule has 0 saturated heterocycles. The van der Waals surface area contributed by atoms with Gasteiger partial charge in [-0.2, -0.15) is 5.26 Å². The summed E-state index contributed by atoms with van der Waals surface area (Å²) in [6.07, 6.45) is 1.88. The van der Waals surface area contributed by atoms with Gasteiger partial charge in [-0.3, -0.25) is 0 Å². The normalized spacial score (nSPS) is 10.6. The van der Waals surface area contributed by atoms with Crippen molar-refractivity contribution >= 4 is 41.3 Å². The second kappa shape index (κ2) is 10.2. The van der Waals surface area contributed by atoms with Gasteiger partial charge in [-0.25, -0.2) is 9.98 Å². The Morgan fingerprint density at radius 3 is 2.61 bits per heavy atom. The lowest BCUT2D eigenvalue weighted by Gasteiger charge is -2.10. The quantitative estimate of drug-likeness (QED) is 0.425. The number of aromatic nitrogens is 1. The molecule has 1 aromatic heterocycles. The van der Waals surface area contributed by atoms with E-state index in [0.717, 1.165) is 23.1 Å². The van der Waals surface area contributed by atoms with Crippen molar-refractivity contribution in [2.45, 2.75) is 26.9 Å². The first-order chi connectivity index (χ1) is 10.7. The van der Waals surface area contributed by atoms with Gasteiger partial charge in [-0.1, -0.05) is 12.1 Å². The third-order valence-electron chi connectivity index (χ3n) is 2.92. The monoisotopic (exact) mass is 441 g/mol. The van der Waals surface area contributed by atoms with Crippen LogP contribution in [0, 0.1) is 18.3 Å². The number of benzene rings is 1. The molecule has 0 aliphatic heterocycles. The SMILES string of the molecule is CCNC(=NCc1ccc(C#N)cc1)NCc1ncc(C)s1.I. The summed E-state index contributed by atoms with van der Waals surface area (Å²) in [7, 11) is 0. The van der Waals surface area contributed by atoms with Crippen LogP contribution in [0.4, 0.5) is 0 Å². The van der Waals surface area contributed by atoms with E-state index < -0.39 is 0 Å². The predicted molar refractivity (Wildman–Crippen MR) is 105 cm³/mol. The summed E-state index contributed by atoms with van der Waals surface area (Å²) < 4.78 is 0. The molecule has 7 heteroatoms. The summed E-state index contributed by atoms with van der Waals surface area (Å²) in [6.45, 7) is 6.11. The van der Waals surface area contributed by atoms with Crippen LogP contribution in [0.3, 0.4) is 0 Å². The largest absolute Gasteiger partial charge is 0.357 e. The Morgan fingerprint density at radius 1 is 1.30 bits per heavy atom. The van der Waals surface area contributed by atoms with E-state index in [1.807, 2.05) is 44.3 Å². The first-order valence-electron chi connectivity index (χ1n) is 7.13. The van der Waals surface area contributed by atoms with E-state index in [9.17, 15) is 0 Å². The molecule has 1 aromatic carbocycles. The minimum Gasteiger partial charge on any atom is -0.357 e. The first kappa shape index (κ1) is 19.4. The number of hydrogen-bond donors (Lipinski definition) is 2. The number of nitrogens with one attached hydrogen (secondary N) is 2. The minimum absolute atomic E-state index is 0. The maximum atomic E-state index is 8.79. The number of aryl methyl sites for hydroxylation is 1. The van der Waals surface area contributed by atoms with Crippen molar-refractivity contribution in [2.24, 2.45) is 4.99 Å². The number of nitrogens with zero attached hydrogens (tertiary/aromatic N) is 3. The number of halogens is 1. The van der Waals surface area contributed by atoms with Gasteiger partial charge < -0.3 is 10.6 Å². The van der Waals surface area contributed by atoms with Crippen molar-refractivity contribution in [1.29, 1.82) is 5.26 Å². The zero-order valence-electron chi connectivity index (χ0n) is 13.2. The van der Waals surface area contributed by atoms with Gasteiger partial charge >= 0.3 is 0 Å². The third-order valence-corrected chi connectivity index (χ3v) is 3.84. The molecule has 0 unspecified atom stereocenters. The van der Waals surface area contributed by atoms with Gasteiger partial charge in [0.2, 0.25) is 0 Å². The molecule has 2 N–H and O–H groups in total. The van der Waals surface area contributed by atoms with Gasteiger partial charge in [-0.15, -0.1) is 35.3 Å². The van der Waals surface area contributed by atoms with Crippen LogP contribution in [0.2, 0.25) is 0 Å². The molecule has 0 spiro atoms. The molecule has 2 rings (SSSR count). The second-order valence-electron chi connectivity index (χ2n) is 4.72. The van der Waals surface area contributed by atoms with Crippen molar-refractivity contribution < 1.29 is 0 Å². The van der Waals surface area contributed by atoms with Gasteiger partial charge in [-0.05, 0) is 31.5 Å². The average molecular weight is 441 g/mol. The molecule has 0 saturated carbocycles. The highest BCUT2D eigenvalue weighted by Gasteiger charge is 2.01. The van der Waals surface area contributed by atoms with Crippen LogP contribution in [-0.4, -0.2) is 17.5 Å². The zero-order valence-corrected chi connectivity index (χ0v) is 16.3. The molecule has 0 aliphatic rings. The average Bonchev–Trinajstić information content (AvgIpc) is 2.96. The van der Waals surface area contributed by atoms with Crippen LogP contribution in [-0.2, 0) is 13.1 Å². The zero-order chi connectivity index (χ0) is 15.8. The Labute approximate surface area is 157 Å². The minimum atomic E-state index is 0. The standard InChI is InChI=1S/C16H19N5S.HI/c1-3-18-16(21-11-15-19-9-12(2)22-15)20-10-14-6-4-13(8-17)5-7-14;/h4-7,9H,3,10-11H2,1-2H3,(H2,18,20,21);1H. The molecular weight excluding hydrogens is 421 g/mol. The lowest BCUT2D eigenvalue weighted by atomic mass is 10.1. The van der Waals surface area contributed by atoms with E-state index in [2.05, 4.69) is 26.7 Å². The Balaban J connectivity index is 0.00000264. The van der Waals surface area contributed by atoms with E-state index in [-0.39, 0.29) is 24.0 Å². The molecule has 5 nitrogen and oxygen atoms in total. The van der Waals surface area contributed by atoms with Crippen molar-refractivity contribution in [1.82, 2.24) is 15.6 Å². The fraction of sp³-hybridized carbons (Fsp3) is 0.312. The summed E-state index contributed by atoms with van der Waals surface area (Å²) in [5, 5.41) is 16.3. The number of nitriles is 1. The van der Waals surface area contributed by atoms with Crippen LogP contribution in [0.5, 0.6) is 0 Å². The lowest BCUT2D eigenvalue weighted by Crippen LogP contribution is -2.36. The van der Waals surface area contributed by atoms with Crippen LogP contribution >= 0.6 is 35.3 Å². The molecule has 0 aliphatic carbocycles. The highest BCUT2D eigenvalue weighted by Crippen LogP contribution is 2.10. The van der Waals surface area contributed by atoms with E-state index in [1.165, 1.54) is 4.88 Å². The maximum Gasteiger partial charge on any atom is 0.191 e. The second-order valence-corrected chi connectivity index (χ2v) is 6.04. The van der Waals surface area contributed by atoms with Crippen LogP contribution in [0.25, 0.3) is 0 Å². The molecule has 1 heterocycles. The summed E-state index contributed by atoms with van der Waals surface area (Å²) in [5.41, 5.74) is 1.73. The molecule has 2 aromatic rings. The lowest BCUT2D eigenvalue weighted by molar-refractivity contribution is 0.811. The molecule has 0 radical (unpaired) electrons. The highest BCUT2D eigenvalue weighted by atomic mass is 127. The fourth-order valence-corrected chi connectivity index (χ4v) is 2.57. The summed E-state index contributed by atoms with van der Waals surface area (Å²) in [4.78, 5) is 10.1. The smallest absolute Gasteiger partial charge is 0.191 e. The number of hydrogen-bond acceptors (Lipinski definition) is 4. The number of rotatable bonds is 5. The molecule has 0 bridgehead atoms. The molecule has 23 heavy (non-hydrogen) atoms. The molecule has 0 amide bonds. The molecule has 122 valence electrons. The molecule has 0 fully saturated rings. The number of thiazole rings is 1. The summed E-state index contributed by atoms with van der Waals surface area (Å²) in [5.74, 6) is 0.764. The van der Waals surface area contributed by atoms with E-state index in [4.69, 9.17) is 5.26 Å². The Hall–Kier alpha value is -1.66.